The number of nitrogens with zero attached hydrogens (tertiary/aromatic N) is 7. The van der Waals surface area contributed by atoms with Crippen LogP contribution >= 0.6 is 0 Å². The molecule has 1 atom stereocenters. The zero-order valence-corrected chi connectivity index (χ0v) is 32.4. The van der Waals surface area contributed by atoms with Crippen molar-refractivity contribution in [2.24, 2.45) is 0 Å². The smallest absolute Gasteiger partial charge is 0.386 e. The number of likely N-dealkylation sites (tertiary alicyclic amines) is 1. The lowest BCUT2D eigenvalue weighted by atomic mass is 9.94. The molecule has 58 heavy (non-hydrogen) atoms. The second-order valence-electron chi connectivity index (χ2n) is 16.1. The maximum atomic E-state index is 13.2. The molecule has 0 radical (unpaired) electrons. The lowest BCUT2D eigenvalue weighted by molar-refractivity contribution is -0.141. The van der Waals surface area contributed by atoms with Gasteiger partial charge in [-0.05, 0) is 88.2 Å². The summed E-state index contributed by atoms with van der Waals surface area (Å²) in [6.07, 6.45) is 1.25. The normalized spacial score (nSPS) is 20.2. The highest BCUT2D eigenvalue weighted by Crippen LogP contribution is 2.34. The summed E-state index contributed by atoms with van der Waals surface area (Å²) in [6.45, 7) is 10.8. The van der Waals surface area contributed by atoms with Crippen molar-refractivity contribution >= 4 is 40.7 Å². The van der Waals surface area contributed by atoms with Crippen LogP contribution in [0.1, 0.15) is 88.8 Å². The summed E-state index contributed by atoms with van der Waals surface area (Å²) >= 11 is 0. The van der Waals surface area contributed by atoms with Gasteiger partial charge in [0.1, 0.15) is 23.1 Å². The number of halogens is 3. The van der Waals surface area contributed by atoms with Gasteiger partial charge in [-0.15, -0.1) is 0 Å². The SMILES string of the molecule is CC(C)(O)c1cc2nc(C3CCN(CCN4CCN(c5ccc6c(c5)CN(C5CCC(=O)NC5=O)C6=O)CC4)CC3)cn2cc1NC(=O)c1cccc(C(F)(F)F)n1. The van der Waals surface area contributed by atoms with Crippen LogP contribution in [-0.2, 0) is 27.9 Å². The Labute approximate surface area is 333 Å². The number of aliphatic hydroxyl groups is 1. The molecule has 8 rings (SSSR count). The summed E-state index contributed by atoms with van der Waals surface area (Å²) in [5.41, 5.74) is 1.74. The van der Waals surface area contributed by atoms with Gasteiger partial charge in [0.05, 0.1) is 17.0 Å². The largest absolute Gasteiger partial charge is 0.433 e. The Hall–Kier alpha value is -5.39. The van der Waals surface area contributed by atoms with Crippen LogP contribution in [0.4, 0.5) is 24.5 Å². The molecular weight excluding hydrogens is 756 g/mol. The average molecular weight is 802 g/mol. The van der Waals surface area contributed by atoms with Gasteiger partial charge in [0.2, 0.25) is 11.8 Å². The molecule has 4 aliphatic rings. The van der Waals surface area contributed by atoms with E-state index in [9.17, 15) is 37.5 Å². The number of amides is 4. The van der Waals surface area contributed by atoms with Crippen molar-refractivity contribution in [3.63, 3.8) is 0 Å². The van der Waals surface area contributed by atoms with Gasteiger partial charge in [-0.1, -0.05) is 6.07 Å². The van der Waals surface area contributed by atoms with E-state index >= 15 is 0 Å². The summed E-state index contributed by atoms with van der Waals surface area (Å²) in [7, 11) is 0. The fourth-order valence-corrected chi connectivity index (χ4v) is 8.48. The molecule has 3 saturated heterocycles. The van der Waals surface area contributed by atoms with E-state index in [1.165, 1.54) is 6.07 Å². The first-order chi connectivity index (χ1) is 27.6. The Kier molecular flexibility index (Phi) is 10.5. The molecule has 14 nitrogen and oxygen atoms in total. The number of carbonyl (C=O) groups is 4. The number of rotatable bonds is 9. The van der Waals surface area contributed by atoms with Crippen LogP contribution in [0.5, 0.6) is 0 Å². The standard InChI is InChI=1S/C41H46F3N9O5/c1-40(2,58)29-21-35-46-31(23-52(35)24-32(29)47-37(55)30-4-3-5-34(45-30)41(42,43)44)25-10-12-49(13-11-25)14-15-50-16-18-51(19-17-50)27-6-7-28-26(20-27)22-53(39(28)57)33-8-9-36(54)48-38(33)56/h3-7,20-21,23-25,33,58H,8-19,22H2,1-2H3,(H,47,55)(H,48,54,56). The Morgan fingerprint density at radius 3 is 2.33 bits per heavy atom. The lowest BCUT2D eigenvalue weighted by Crippen LogP contribution is -2.52. The van der Waals surface area contributed by atoms with Gasteiger partial charge < -0.3 is 29.5 Å². The summed E-state index contributed by atoms with van der Waals surface area (Å²) in [6, 6.07) is 10.1. The number of imide groups is 1. The van der Waals surface area contributed by atoms with E-state index in [0.717, 1.165) is 94.3 Å². The molecule has 3 N–H and O–H groups in total. The topological polar surface area (TPSA) is 156 Å². The molecule has 0 aliphatic carbocycles. The highest BCUT2D eigenvalue weighted by molar-refractivity contribution is 6.05. The van der Waals surface area contributed by atoms with Gasteiger partial charge in [0.15, 0.2) is 0 Å². The van der Waals surface area contributed by atoms with Gasteiger partial charge in [-0.3, -0.25) is 29.4 Å². The number of hydrogen-bond donors (Lipinski definition) is 3. The predicted octanol–water partition coefficient (Wildman–Crippen LogP) is 3.99. The summed E-state index contributed by atoms with van der Waals surface area (Å²) in [5.74, 6) is -1.48. The number of alkyl halides is 3. The zero-order chi connectivity index (χ0) is 40.9. The zero-order valence-electron chi connectivity index (χ0n) is 32.4. The predicted molar refractivity (Wildman–Crippen MR) is 207 cm³/mol. The van der Waals surface area contributed by atoms with E-state index in [2.05, 4.69) is 36.4 Å². The summed E-state index contributed by atoms with van der Waals surface area (Å²) in [5, 5.41) is 16.0. The second kappa shape index (κ2) is 15.4. The first kappa shape index (κ1) is 39.4. The Morgan fingerprint density at radius 1 is 0.914 bits per heavy atom. The van der Waals surface area contributed by atoms with Gasteiger partial charge in [0, 0.05) is 87.4 Å². The maximum Gasteiger partial charge on any atom is 0.433 e. The molecule has 0 spiro atoms. The van der Waals surface area contributed by atoms with Crippen LogP contribution in [0, 0.1) is 0 Å². The molecule has 4 aliphatic heterocycles. The van der Waals surface area contributed by atoms with Gasteiger partial charge in [-0.2, -0.15) is 13.2 Å². The third-order valence-corrected chi connectivity index (χ3v) is 11.8. The quantitative estimate of drug-likeness (QED) is 0.212. The monoisotopic (exact) mass is 801 g/mol. The number of piperazine rings is 1. The number of piperidine rings is 2. The van der Waals surface area contributed by atoms with Crippen LogP contribution in [0.25, 0.3) is 5.65 Å². The number of nitrogens with one attached hydrogen (secondary N) is 2. The van der Waals surface area contributed by atoms with Crippen LogP contribution in [0.2, 0.25) is 0 Å². The highest BCUT2D eigenvalue weighted by atomic mass is 19.4. The number of carbonyl (C=O) groups excluding carboxylic acids is 4. The van der Waals surface area contributed by atoms with Gasteiger partial charge >= 0.3 is 6.18 Å². The Morgan fingerprint density at radius 2 is 1.64 bits per heavy atom. The number of anilines is 2. The lowest BCUT2D eigenvalue weighted by Gasteiger charge is -2.38. The number of imidazole rings is 1. The number of pyridine rings is 2. The van der Waals surface area contributed by atoms with Crippen molar-refractivity contribution in [1.82, 2.24) is 34.4 Å². The number of aromatic nitrogens is 3. The molecule has 4 amide bonds. The van der Waals surface area contributed by atoms with Crippen LogP contribution < -0.4 is 15.5 Å². The van der Waals surface area contributed by atoms with E-state index in [1.54, 1.807) is 35.4 Å². The van der Waals surface area contributed by atoms with Crippen molar-refractivity contribution in [1.29, 1.82) is 0 Å². The van der Waals surface area contributed by atoms with E-state index in [-0.39, 0.29) is 29.8 Å². The molecule has 17 heteroatoms. The fraction of sp³-hybridized carbons (Fsp3) is 0.463. The third kappa shape index (κ3) is 8.15. The van der Waals surface area contributed by atoms with Gasteiger partial charge in [0.25, 0.3) is 11.8 Å². The Bertz CT molecular complexity index is 2260. The molecular formula is C41H46F3N9O5. The summed E-state index contributed by atoms with van der Waals surface area (Å²) in [4.78, 5) is 67.5. The first-order valence-corrected chi connectivity index (χ1v) is 19.7. The molecule has 1 aromatic carbocycles. The van der Waals surface area contributed by atoms with Crippen molar-refractivity contribution < 1.29 is 37.5 Å². The van der Waals surface area contributed by atoms with Crippen LogP contribution in [0.15, 0.2) is 54.9 Å². The van der Waals surface area contributed by atoms with Crippen LogP contribution in [0.3, 0.4) is 0 Å². The minimum Gasteiger partial charge on any atom is -0.386 e. The molecule has 7 heterocycles. The van der Waals surface area contributed by atoms with Crippen molar-refractivity contribution in [2.45, 2.75) is 69.8 Å². The minimum absolute atomic E-state index is 0.166. The molecule has 4 aromatic rings. The van der Waals surface area contributed by atoms with Crippen molar-refractivity contribution in [3.05, 3.63) is 88.6 Å². The van der Waals surface area contributed by atoms with Gasteiger partial charge in [-0.25, -0.2) is 9.97 Å². The van der Waals surface area contributed by atoms with Crippen molar-refractivity contribution in [2.75, 3.05) is 62.6 Å². The molecule has 1 unspecified atom stereocenters. The van der Waals surface area contributed by atoms with E-state index in [1.807, 2.05) is 18.3 Å². The Balaban J connectivity index is 0.830. The number of hydrogen-bond acceptors (Lipinski definition) is 10. The summed E-state index contributed by atoms with van der Waals surface area (Å²) < 4.78 is 41.5. The molecule has 306 valence electrons. The highest BCUT2D eigenvalue weighted by Gasteiger charge is 2.39. The number of benzene rings is 1. The molecule has 0 saturated carbocycles. The fourth-order valence-electron chi connectivity index (χ4n) is 8.48. The average Bonchev–Trinajstić information content (AvgIpc) is 3.76. The molecule has 3 aromatic heterocycles. The van der Waals surface area contributed by atoms with E-state index < -0.39 is 41.0 Å². The maximum absolute atomic E-state index is 13.2. The third-order valence-electron chi connectivity index (χ3n) is 11.8. The second-order valence-corrected chi connectivity index (χ2v) is 16.1. The molecule has 3 fully saturated rings. The van der Waals surface area contributed by atoms with E-state index in [0.29, 0.717) is 29.7 Å². The van der Waals surface area contributed by atoms with Crippen LogP contribution in [-0.4, -0.2) is 116 Å². The van der Waals surface area contributed by atoms with Crippen molar-refractivity contribution in [3.8, 4) is 0 Å². The number of fused-ring (bicyclic) bond motifs is 2. The van der Waals surface area contributed by atoms with E-state index in [4.69, 9.17) is 4.98 Å². The molecule has 0 bridgehead atoms. The first-order valence-electron chi connectivity index (χ1n) is 19.7. The minimum atomic E-state index is -4.70.